The van der Waals surface area contributed by atoms with E-state index in [0.29, 0.717) is 32.0 Å². The predicted octanol–water partition coefficient (Wildman–Crippen LogP) is 2.41. The molecule has 32 heavy (non-hydrogen) atoms. The molecule has 2 heterocycles. The van der Waals surface area contributed by atoms with Gasteiger partial charge in [-0.25, -0.2) is 9.97 Å². The van der Waals surface area contributed by atoms with Crippen LogP contribution in [0.25, 0.3) is 0 Å². The summed E-state index contributed by atoms with van der Waals surface area (Å²) in [6, 6.07) is 10.4. The van der Waals surface area contributed by atoms with E-state index >= 15 is 0 Å². The van der Waals surface area contributed by atoms with Crippen LogP contribution in [0, 0.1) is 6.92 Å². The second-order valence-electron chi connectivity index (χ2n) is 7.86. The summed E-state index contributed by atoms with van der Waals surface area (Å²) in [7, 11) is 1.75. The minimum Gasteiger partial charge on any atom is -0.356 e. The number of hydrogen-bond acceptors (Lipinski definition) is 5. The Kier molecular flexibility index (Phi) is 10.6. The van der Waals surface area contributed by atoms with Gasteiger partial charge < -0.3 is 20.4 Å². The molecule has 2 N–H and O–H groups in total. The number of aliphatic imine (C=N–C) groups is 1. The lowest BCUT2D eigenvalue weighted by Crippen LogP contribution is -2.50. The number of halogens is 1. The molecule has 0 radical (unpaired) electrons. The van der Waals surface area contributed by atoms with Gasteiger partial charge in [-0.05, 0) is 24.5 Å². The van der Waals surface area contributed by atoms with Crippen molar-refractivity contribution in [2.45, 2.75) is 26.2 Å². The number of carbonyl (C=O) groups is 1. The summed E-state index contributed by atoms with van der Waals surface area (Å²) in [5, 5.41) is 6.60. The van der Waals surface area contributed by atoms with Crippen LogP contribution in [-0.4, -0.2) is 73.1 Å². The smallest absolute Gasteiger partial charge is 0.225 e. The zero-order valence-corrected chi connectivity index (χ0v) is 21.5. The number of aryl methyl sites for hydroxylation is 1. The Balaban J connectivity index is 0.00000363. The molecule has 1 unspecified atom stereocenters. The number of nitrogens with one attached hydrogen (secondary N) is 2. The van der Waals surface area contributed by atoms with Gasteiger partial charge in [-0.15, -0.1) is 24.0 Å². The first-order chi connectivity index (χ1) is 15.1. The van der Waals surface area contributed by atoms with E-state index in [1.54, 1.807) is 19.4 Å². The van der Waals surface area contributed by atoms with Crippen LogP contribution < -0.4 is 15.5 Å². The Labute approximate surface area is 207 Å². The number of piperazine rings is 1. The van der Waals surface area contributed by atoms with Crippen molar-refractivity contribution >= 4 is 41.8 Å². The molecular weight excluding hydrogens is 517 g/mol. The van der Waals surface area contributed by atoms with E-state index in [1.807, 2.05) is 11.0 Å². The highest BCUT2D eigenvalue weighted by Crippen LogP contribution is 2.14. The third-order valence-electron chi connectivity index (χ3n) is 5.54. The van der Waals surface area contributed by atoms with Crippen LogP contribution in [0.15, 0.2) is 47.7 Å². The number of amides is 1. The summed E-state index contributed by atoms with van der Waals surface area (Å²) < 4.78 is 0. The minimum absolute atomic E-state index is 0. The minimum atomic E-state index is 0. The zero-order chi connectivity index (χ0) is 22.1. The van der Waals surface area contributed by atoms with E-state index in [2.05, 4.69) is 68.6 Å². The molecule has 1 aromatic carbocycles. The number of anilines is 1. The monoisotopic (exact) mass is 551 g/mol. The lowest BCUT2D eigenvalue weighted by molar-refractivity contribution is -0.131. The fourth-order valence-corrected chi connectivity index (χ4v) is 3.54. The van der Waals surface area contributed by atoms with E-state index in [0.717, 1.165) is 31.5 Å². The summed E-state index contributed by atoms with van der Waals surface area (Å²) in [5.74, 6) is 1.97. The topological polar surface area (TPSA) is 85.8 Å². The molecule has 0 bridgehead atoms. The van der Waals surface area contributed by atoms with Gasteiger partial charge in [0.2, 0.25) is 11.9 Å². The number of hydrogen-bond donors (Lipinski definition) is 2. The average molecular weight is 551 g/mol. The van der Waals surface area contributed by atoms with Gasteiger partial charge in [0.1, 0.15) is 0 Å². The number of nitrogens with zero attached hydrogens (tertiary/aromatic N) is 5. The molecule has 0 spiro atoms. The van der Waals surface area contributed by atoms with Gasteiger partial charge in [0.05, 0.1) is 0 Å². The van der Waals surface area contributed by atoms with E-state index < -0.39 is 0 Å². The molecule has 8 nitrogen and oxygen atoms in total. The highest BCUT2D eigenvalue weighted by atomic mass is 127. The summed E-state index contributed by atoms with van der Waals surface area (Å²) in [6.07, 6.45) is 3.93. The predicted molar refractivity (Wildman–Crippen MR) is 140 cm³/mol. The van der Waals surface area contributed by atoms with Crippen LogP contribution in [0.1, 0.15) is 30.4 Å². The molecule has 2 aromatic rings. The molecule has 0 saturated carbocycles. The van der Waals surface area contributed by atoms with Crippen molar-refractivity contribution in [3.63, 3.8) is 0 Å². The quantitative estimate of drug-likeness (QED) is 0.313. The van der Waals surface area contributed by atoms with Crippen LogP contribution in [0.5, 0.6) is 0 Å². The second kappa shape index (κ2) is 13.2. The first kappa shape index (κ1) is 25.8. The molecule has 1 amide bonds. The molecule has 1 saturated heterocycles. The number of carbonyl (C=O) groups excluding carboxylic acids is 1. The maximum absolute atomic E-state index is 12.6. The van der Waals surface area contributed by atoms with E-state index in [9.17, 15) is 4.79 Å². The second-order valence-corrected chi connectivity index (χ2v) is 7.86. The van der Waals surface area contributed by atoms with Crippen molar-refractivity contribution in [1.82, 2.24) is 25.5 Å². The maximum atomic E-state index is 12.6. The van der Waals surface area contributed by atoms with Crippen molar-refractivity contribution in [2.24, 2.45) is 4.99 Å². The highest BCUT2D eigenvalue weighted by molar-refractivity contribution is 14.0. The summed E-state index contributed by atoms with van der Waals surface area (Å²) in [5.41, 5.74) is 2.56. The Morgan fingerprint density at radius 2 is 1.75 bits per heavy atom. The van der Waals surface area contributed by atoms with Crippen molar-refractivity contribution in [1.29, 1.82) is 0 Å². The molecule has 0 aliphatic carbocycles. The fraction of sp³-hybridized carbons (Fsp3) is 0.478. The first-order valence-corrected chi connectivity index (χ1v) is 10.9. The fourth-order valence-electron chi connectivity index (χ4n) is 3.54. The molecule has 174 valence electrons. The Bertz CT molecular complexity index is 852. The molecule has 1 aliphatic rings. The molecular formula is C23H34IN7O. The summed E-state index contributed by atoms with van der Waals surface area (Å²) in [6.45, 7) is 8.51. The summed E-state index contributed by atoms with van der Waals surface area (Å²) in [4.78, 5) is 29.4. The first-order valence-electron chi connectivity index (χ1n) is 10.9. The normalized spacial score (nSPS) is 15.0. The molecule has 1 atom stereocenters. The van der Waals surface area contributed by atoms with Crippen molar-refractivity contribution < 1.29 is 4.79 Å². The van der Waals surface area contributed by atoms with Gasteiger partial charge >= 0.3 is 0 Å². The van der Waals surface area contributed by atoms with Gasteiger partial charge in [-0.1, -0.05) is 36.8 Å². The van der Waals surface area contributed by atoms with Crippen LogP contribution in [0.2, 0.25) is 0 Å². The molecule has 1 aliphatic heterocycles. The van der Waals surface area contributed by atoms with E-state index in [4.69, 9.17) is 0 Å². The maximum Gasteiger partial charge on any atom is 0.225 e. The van der Waals surface area contributed by atoms with Crippen molar-refractivity contribution in [3.05, 3.63) is 53.9 Å². The van der Waals surface area contributed by atoms with Crippen molar-refractivity contribution in [2.75, 3.05) is 51.2 Å². The lowest BCUT2D eigenvalue weighted by Gasteiger charge is -2.34. The van der Waals surface area contributed by atoms with Gasteiger partial charge in [0.25, 0.3) is 0 Å². The van der Waals surface area contributed by atoms with Gasteiger partial charge in [-0.2, -0.15) is 0 Å². The van der Waals surface area contributed by atoms with Crippen LogP contribution >= 0.6 is 24.0 Å². The third kappa shape index (κ3) is 7.61. The number of guanidine groups is 1. The Hall–Kier alpha value is -2.43. The van der Waals surface area contributed by atoms with E-state index in [-0.39, 0.29) is 29.9 Å². The molecule has 1 fully saturated rings. The Morgan fingerprint density at radius 1 is 1.09 bits per heavy atom. The average Bonchev–Trinajstić information content (AvgIpc) is 2.82. The van der Waals surface area contributed by atoms with Crippen LogP contribution in [0.3, 0.4) is 0 Å². The SMILES string of the molecule is CN=C(NCCC(=O)N1CCN(c2ncccn2)CC1)NCC(C)c1ccc(C)cc1.I. The summed E-state index contributed by atoms with van der Waals surface area (Å²) >= 11 is 0. The largest absolute Gasteiger partial charge is 0.356 e. The standard InChI is InChI=1S/C23H33N7O.HI/c1-18-5-7-20(8-6-18)19(2)17-28-22(24-3)25-12-9-21(31)29-13-15-30(16-14-29)23-26-10-4-11-27-23;/h4-8,10-11,19H,9,12-17H2,1-3H3,(H2,24,25,28);1H. The number of aromatic nitrogens is 2. The zero-order valence-electron chi connectivity index (χ0n) is 19.1. The Morgan fingerprint density at radius 3 is 2.38 bits per heavy atom. The molecule has 1 aromatic heterocycles. The van der Waals surface area contributed by atoms with Gasteiger partial charge in [0, 0.05) is 65.1 Å². The van der Waals surface area contributed by atoms with Gasteiger partial charge in [0.15, 0.2) is 5.96 Å². The van der Waals surface area contributed by atoms with E-state index in [1.165, 1.54) is 11.1 Å². The lowest BCUT2D eigenvalue weighted by atomic mass is 10.0. The number of rotatable bonds is 7. The van der Waals surface area contributed by atoms with Crippen molar-refractivity contribution in [3.8, 4) is 0 Å². The van der Waals surface area contributed by atoms with Crippen LogP contribution in [-0.2, 0) is 4.79 Å². The number of benzene rings is 1. The van der Waals surface area contributed by atoms with Crippen LogP contribution in [0.4, 0.5) is 5.95 Å². The highest BCUT2D eigenvalue weighted by Gasteiger charge is 2.22. The van der Waals surface area contributed by atoms with Gasteiger partial charge in [-0.3, -0.25) is 9.79 Å². The molecule has 3 rings (SSSR count). The third-order valence-corrected chi connectivity index (χ3v) is 5.54. The molecule has 9 heteroatoms.